The van der Waals surface area contributed by atoms with Crippen LogP contribution < -0.4 is 0 Å². The minimum atomic E-state index is 0.493. The molecule has 1 heterocycles. The molecule has 1 heteroatoms. The number of nitrogens with zero attached hydrogens (tertiary/aromatic N) is 1. The summed E-state index contributed by atoms with van der Waals surface area (Å²) in [7, 11) is 2.20. The van der Waals surface area contributed by atoms with Crippen molar-refractivity contribution in [2.75, 3.05) is 20.1 Å². The molecule has 1 rings (SSSR count). The molecule has 0 aromatic heterocycles. The third-order valence-electron chi connectivity index (χ3n) is 3.42. The van der Waals surface area contributed by atoms with Gasteiger partial charge in [0.05, 0.1) is 0 Å². The Morgan fingerprint density at radius 1 is 1.55 bits per heavy atom. The van der Waals surface area contributed by atoms with Crippen LogP contribution in [-0.2, 0) is 0 Å². The van der Waals surface area contributed by atoms with Crippen LogP contribution in [0.1, 0.15) is 27.2 Å². The lowest BCUT2D eigenvalue weighted by Gasteiger charge is -2.53. The van der Waals surface area contributed by atoms with Gasteiger partial charge in [-0.2, -0.15) is 12.3 Å². The molecule has 0 spiro atoms. The van der Waals surface area contributed by atoms with Gasteiger partial charge in [-0.15, -0.1) is 0 Å². The van der Waals surface area contributed by atoms with Crippen molar-refractivity contribution >= 4 is 0 Å². The standard InChI is InChI=1S/C10H20N/c1-5-10(3,6-2)9-7-11(4)8-9/h5,9H,6-8H2,1-4H3/q-1. The summed E-state index contributed by atoms with van der Waals surface area (Å²) in [6, 6.07) is 0. The summed E-state index contributed by atoms with van der Waals surface area (Å²) in [5, 5.41) is 0. The molecule has 0 N–H and O–H groups in total. The van der Waals surface area contributed by atoms with Gasteiger partial charge in [-0.05, 0) is 26.1 Å². The van der Waals surface area contributed by atoms with Crippen molar-refractivity contribution in [3.8, 4) is 0 Å². The van der Waals surface area contributed by atoms with Gasteiger partial charge in [0.1, 0.15) is 0 Å². The van der Waals surface area contributed by atoms with Crippen LogP contribution in [0.4, 0.5) is 0 Å². The summed E-state index contributed by atoms with van der Waals surface area (Å²) in [6.45, 7) is 9.44. The van der Waals surface area contributed by atoms with Crippen molar-refractivity contribution in [3.63, 3.8) is 0 Å². The summed E-state index contributed by atoms with van der Waals surface area (Å²) in [5.41, 5.74) is 0.493. The normalized spacial score (nSPS) is 26.2. The van der Waals surface area contributed by atoms with Crippen LogP contribution in [0.2, 0.25) is 0 Å². The third-order valence-corrected chi connectivity index (χ3v) is 3.42. The minimum absolute atomic E-state index is 0.493. The van der Waals surface area contributed by atoms with Gasteiger partial charge in [0.15, 0.2) is 0 Å². The topological polar surface area (TPSA) is 3.24 Å². The average Bonchev–Trinajstić information content (AvgIpc) is 1.98. The summed E-state index contributed by atoms with van der Waals surface area (Å²) < 4.78 is 0. The van der Waals surface area contributed by atoms with Crippen LogP contribution in [0.25, 0.3) is 0 Å². The Kier molecular flexibility index (Phi) is 2.58. The van der Waals surface area contributed by atoms with E-state index in [-0.39, 0.29) is 0 Å². The number of hydrogen-bond acceptors (Lipinski definition) is 1. The maximum absolute atomic E-state index is 2.39. The molecule has 1 aliphatic heterocycles. The quantitative estimate of drug-likeness (QED) is 0.563. The number of likely N-dealkylation sites (tertiary alicyclic amines) is 1. The Morgan fingerprint density at radius 2 is 2.09 bits per heavy atom. The minimum Gasteiger partial charge on any atom is -0.325 e. The van der Waals surface area contributed by atoms with E-state index in [9.17, 15) is 0 Å². The van der Waals surface area contributed by atoms with Crippen LogP contribution in [0.15, 0.2) is 0 Å². The van der Waals surface area contributed by atoms with E-state index in [1.54, 1.807) is 0 Å². The van der Waals surface area contributed by atoms with Crippen LogP contribution in [0.5, 0.6) is 0 Å². The number of hydrogen-bond donors (Lipinski definition) is 0. The molecule has 11 heavy (non-hydrogen) atoms. The van der Waals surface area contributed by atoms with Gasteiger partial charge in [-0.25, -0.2) is 0 Å². The largest absolute Gasteiger partial charge is 0.325 e. The van der Waals surface area contributed by atoms with E-state index in [1.165, 1.54) is 19.5 Å². The highest BCUT2D eigenvalue weighted by molar-refractivity contribution is 4.96. The Hall–Kier alpha value is -0.0400. The van der Waals surface area contributed by atoms with E-state index in [4.69, 9.17) is 0 Å². The Morgan fingerprint density at radius 3 is 2.36 bits per heavy atom. The summed E-state index contributed by atoms with van der Waals surface area (Å²) in [4.78, 5) is 2.39. The first-order chi connectivity index (χ1) is 5.12. The zero-order valence-electron chi connectivity index (χ0n) is 8.22. The highest BCUT2D eigenvalue weighted by Gasteiger charge is 2.32. The van der Waals surface area contributed by atoms with Crippen molar-refractivity contribution < 1.29 is 0 Å². The zero-order valence-corrected chi connectivity index (χ0v) is 8.22. The molecule has 0 bridgehead atoms. The van der Waals surface area contributed by atoms with Gasteiger partial charge < -0.3 is 11.3 Å². The molecule has 0 aliphatic carbocycles. The summed E-state index contributed by atoms with van der Waals surface area (Å²) in [5.74, 6) is 0.905. The second-order valence-electron chi connectivity index (χ2n) is 4.07. The van der Waals surface area contributed by atoms with Crippen LogP contribution in [0, 0.1) is 17.8 Å². The Bertz CT molecular complexity index is 121. The molecule has 1 nitrogen and oxygen atoms in total. The molecule has 0 aromatic carbocycles. The molecule has 1 atom stereocenters. The van der Waals surface area contributed by atoms with Crippen LogP contribution in [-0.4, -0.2) is 25.0 Å². The van der Waals surface area contributed by atoms with Crippen molar-refractivity contribution in [1.82, 2.24) is 4.90 Å². The fraction of sp³-hybridized carbons (Fsp3) is 0.900. The lowest BCUT2D eigenvalue weighted by atomic mass is 9.69. The molecule has 0 radical (unpaired) electrons. The van der Waals surface area contributed by atoms with Gasteiger partial charge in [0.25, 0.3) is 0 Å². The lowest BCUT2D eigenvalue weighted by Crippen LogP contribution is -2.51. The molecule has 0 saturated carbocycles. The Balaban J connectivity index is 2.43. The van der Waals surface area contributed by atoms with Crippen molar-refractivity contribution in [2.24, 2.45) is 11.3 Å². The summed E-state index contributed by atoms with van der Waals surface area (Å²) in [6.07, 6.45) is 3.66. The van der Waals surface area contributed by atoms with E-state index in [0.717, 1.165) is 5.92 Å². The number of rotatable bonds is 3. The van der Waals surface area contributed by atoms with E-state index in [1.807, 2.05) is 0 Å². The van der Waals surface area contributed by atoms with E-state index < -0.39 is 0 Å². The first kappa shape index (κ1) is 9.05. The van der Waals surface area contributed by atoms with Crippen LogP contribution in [0.3, 0.4) is 0 Å². The predicted octanol–water partition coefficient (Wildman–Crippen LogP) is 2.19. The maximum Gasteiger partial charge on any atom is -0.0000668 e. The fourth-order valence-corrected chi connectivity index (χ4v) is 1.84. The highest BCUT2D eigenvalue weighted by Crippen LogP contribution is 2.38. The smallest absolute Gasteiger partial charge is 0.0000668 e. The van der Waals surface area contributed by atoms with E-state index >= 15 is 0 Å². The van der Waals surface area contributed by atoms with Crippen molar-refractivity contribution in [1.29, 1.82) is 0 Å². The van der Waals surface area contributed by atoms with Gasteiger partial charge in [0.2, 0.25) is 0 Å². The first-order valence-electron chi connectivity index (χ1n) is 4.61. The Labute approximate surface area is 70.8 Å². The fourth-order valence-electron chi connectivity index (χ4n) is 1.84. The molecule has 1 saturated heterocycles. The SMILES string of the molecule is C[CH-]C(C)(CC)C1CN(C)C1. The molecule has 0 aromatic rings. The van der Waals surface area contributed by atoms with Gasteiger partial charge in [-0.1, -0.05) is 20.3 Å². The van der Waals surface area contributed by atoms with Gasteiger partial charge in [0, 0.05) is 0 Å². The first-order valence-corrected chi connectivity index (χ1v) is 4.61. The van der Waals surface area contributed by atoms with Crippen molar-refractivity contribution in [2.45, 2.75) is 27.2 Å². The molecule has 1 unspecified atom stereocenters. The molecular weight excluding hydrogens is 134 g/mol. The van der Waals surface area contributed by atoms with E-state index in [2.05, 4.69) is 39.1 Å². The second kappa shape index (κ2) is 3.14. The molecule has 66 valence electrons. The second-order valence-corrected chi connectivity index (χ2v) is 4.07. The molecular formula is C10H20N-. The van der Waals surface area contributed by atoms with Gasteiger partial charge in [-0.3, -0.25) is 0 Å². The van der Waals surface area contributed by atoms with Crippen molar-refractivity contribution in [3.05, 3.63) is 6.42 Å². The van der Waals surface area contributed by atoms with Crippen LogP contribution >= 0.6 is 0 Å². The third kappa shape index (κ3) is 1.58. The monoisotopic (exact) mass is 154 g/mol. The molecule has 1 aliphatic rings. The lowest BCUT2D eigenvalue weighted by molar-refractivity contribution is 0.0408. The predicted molar refractivity (Wildman–Crippen MR) is 49.4 cm³/mol. The van der Waals surface area contributed by atoms with Gasteiger partial charge >= 0.3 is 0 Å². The zero-order chi connectivity index (χ0) is 8.48. The molecule has 1 fully saturated rings. The summed E-state index contributed by atoms with van der Waals surface area (Å²) >= 11 is 0. The highest BCUT2D eigenvalue weighted by atomic mass is 15.2. The maximum atomic E-state index is 2.39. The molecule has 0 amide bonds. The van der Waals surface area contributed by atoms with E-state index in [0.29, 0.717) is 5.41 Å². The average molecular weight is 154 g/mol.